The van der Waals surface area contributed by atoms with Crippen LogP contribution in [0, 0.1) is 0 Å². The lowest BCUT2D eigenvalue weighted by atomic mass is 10.1. The van der Waals surface area contributed by atoms with Crippen LogP contribution in [0.5, 0.6) is 5.75 Å². The van der Waals surface area contributed by atoms with Crippen molar-refractivity contribution >= 4 is 50.7 Å². The molecule has 2 rings (SSSR count). The quantitative estimate of drug-likeness (QED) is 0.434. The Bertz CT molecular complexity index is 1140. The van der Waals surface area contributed by atoms with E-state index in [0.29, 0.717) is 27.9 Å². The van der Waals surface area contributed by atoms with Crippen LogP contribution in [0.15, 0.2) is 42.5 Å². The van der Waals surface area contributed by atoms with Crippen LogP contribution in [0.25, 0.3) is 0 Å². The van der Waals surface area contributed by atoms with Gasteiger partial charge in [-0.15, -0.1) is 0 Å². The van der Waals surface area contributed by atoms with Gasteiger partial charge in [0.05, 0.1) is 29.1 Å². The second kappa shape index (κ2) is 13.0. The van der Waals surface area contributed by atoms with E-state index < -0.39 is 16.1 Å². The van der Waals surface area contributed by atoms with Crippen molar-refractivity contribution in [1.82, 2.24) is 10.2 Å². The highest BCUT2D eigenvalue weighted by Crippen LogP contribution is 2.25. The second-order valence-electron chi connectivity index (χ2n) is 7.95. The van der Waals surface area contributed by atoms with Gasteiger partial charge in [-0.3, -0.25) is 13.9 Å². The number of rotatable bonds is 12. The molecule has 0 saturated carbocycles. The lowest BCUT2D eigenvalue weighted by Crippen LogP contribution is -2.48. The molecular weight excluding hydrogens is 513 g/mol. The maximum absolute atomic E-state index is 13.3. The van der Waals surface area contributed by atoms with Crippen LogP contribution in [-0.4, -0.2) is 58.1 Å². The van der Waals surface area contributed by atoms with E-state index in [-0.39, 0.29) is 37.7 Å². The van der Waals surface area contributed by atoms with Gasteiger partial charge in [-0.25, -0.2) is 8.42 Å². The summed E-state index contributed by atoms with van der Waals surface area (Å²) in [6.07, 6.45) is 1.82. The molecule has 192 valence electrons. The fourth-order valence-electron chi connectivity index (χ4n) is 3.69. The second-order valence-corrected chi connectivity index (χ2v) is 10.7. The number of carbonyl (C=O) groups is 2. The number of hydrogen-bond donors (Lipinski definition) is 1. The summed E-state index contributed by atoms with van der Waals surface area (Å²) < 4.78 is 31.3. The molecular formula is C24H31Cl2N3O5S. The normalized spacial score (nSPS) is 12.1. The summed E-state index contributed by atoms with van der Waals surface area (Å²) in [5, 5.41) is 3.35. The number of ether oxygens (including phenoxy) is 1. The van der Waals surface area contributed by atoms with Gasteiger partial charge in [-0.2, -0.15) is 0 Å². The first-order valence-electron chi connectivity index (χ1n) is 11.1. The molecule has 0 heterocycles. The molecule has 0 radical (unpaired) electrons. The Labute approximate surface area is 217 Å². The Balaban J connectivity index is 2.22. The van der Waals surface area contributed by atoms with Crippen LogP contribution < -0.4 is 14.4 Å². The molecule has 0 aliphatic heterocycles. The Kier molecular flexibility index (Phi) is 10.7. The van der Waals surface area contributed by atoms with E-state index in [1.54, 1.807) is 42.5 Å². The molecule has 11 heteroatoms. The molecule has 2 aromatic carbocycles. The summed E-state index contributed by atoms with van der Waals surface area (Å²) >= 11 is 12.1. The number of nitrogens with one attached hydrogen (secondary N) is 1. The number of halogens is 2. The highest BCUT2D eigenvalue weighted by Gasteiger charge is 2.28. The van der Waals surface area contributed by atoms with Crippen molar-refractivity contribution in [3.05, 3.63) is 58.1 Å². The van der Waals surface area contributed by atoms with Crippen LogP contribution >= 0.6 is 23.2 Å². The Morgan fingerprint density at radius 1 is 1.11 bits per heavy atom. The number of amides is 2. The van der Waals surface area contributed by atoms with Gasteiger partial charge < -0.3 is 15.0 Å². The number of methoxy groups -OCH3 is 1. The van der Waals surface area contributed by atoms with Gasteiger partial charge in [-0.05, 0) is 42.7 Å². The number of likely N-dealkylation sites (N-methyl/N-ethyl adjacent to an activating group) is 1. The number of benzene rings is 2. The van der Waals surface area contributed by atoms with Crippen molar-refractivity contribution in [3.8, 4) is 5.75 Å². The molecule has 0 fully saturated rings. The highest BCUT2D eigenvalue weighted by atomic mass is 35.5. The summed E-state index contributed by atoms with van der Waals surface area (Å²) in [7, 11) is -0.575. The van der Waals surface area contributed by atoms with Crippen molar-refractivity contribution in [1.29, 1.82) is 0 Å². The number of sulfonamides is 1. The molecule has 0 bridgehead atoms. The summed E-state index contributed by atoms with van der Waals surface area (Å²) in [5.74, 6) is -0.0305. The minimum atomic E-state index is -3.60. The molecule has 1 atom stereocenters. The molecule has 0 unspecified atom stereocenters. The van der Waals surface area contributed by atoms with Gasteiger partial charge in [0.15, 0.2) is 0 Å². The fraction of sp³-hybridized carbons (Fsp3) is 0.417. The van der Waals surface area contributed by atoms with Gasteiger partial charge in [0.2, 0.25) is 21.8 Å². The molecule has 0 saturated heterocycles. The summed E-state index contributed by atoms with van der Waals surface area (Å²) in [5.41, 5.74) is 1.17. The first-order valence-corrected chi connectivity index (χ1v) is 13.7. The van der Waals surface area contributed by atoms with E-state index in [4.69, 9.17) is 27.9 Å². The Morgan fingerprint density at radius 3 is 2.40 bits per heavy atom. The minimum absolute atomic E-state index is 0.0464. The van der Waals surface area contributed by atoms with Crippen LogP contribution in [0.4, 0.5) is 5.69 Å². The molecule has 8 nitrogen and oxygen atoms in total. The third kappa shape index (κ3) is 8.02. The van der Waals surface area contributed by atoms with Gasteiger partial charge in [-0.1, -0.05) is 42.3 Å². The monoisotopic (exact) mass is 543 g/mol. The van der Waals surface area contributed by atoms with E-state index in [2.05, 4.69) is 5.32 Å². The molecule has 0 aromatic heterocycles. The van der Waals surface area contributed by atoms with Crippen molar-refractivity contribution in [2.24, 2.45) is 0 Å². The van der Waals surface area contributed by atoms with E-state index in [1.165, 1.54) is 23.4 Å². The van der Waals surface area contributed by atoms with Gasteiger partial charge in [0, 0.05) is 32.6 Å². The predicted octanol–water partition coefficient (Wildman–Crippen LogP) is 4.10. The molecule has 0 aliphatic carbocycles. The molecule has 0 spiro atoms. The van der Waals surface area contributed by atoms with Crippen LogP contribution in [0.2, 0.25) is 10.0 Å². The van der Waals surface area contributed by atoms with Gasteiger partial charge in [0.1, 0.15) is 11.8 Å². The number of carbonyl (C=O) groups excluding carboxylic acids is 2. The van der Waals surface area contributed by atoms with E-state index in [1.807, 2.05) is 6.92 Å². The molecule has 0 aliphatic rings. The number of anilines is 1. The lowest BCUT2D eigenvalue weighted by molar-refractivity contribution is -0.141. The van der Waals surface area contributed by atoms with Gasteiger partial charge in [0.25, 0.3) is 0 Å². The SMILES string of the molecule is CC[C@@H](C(=O)NC)N(Cc1ccc(Cl)c(Cl)c1)C(=O)CCCN(c1cccc(OC)c1)S(C)(=O)=O. The molecule has 2 aromatic rings. The molecule has 2 amide bonds. The van der Waals surface area contributed by atoms with Crippen LogP contribution in [0.1, 0.15) is 31.7 Å². The minimum Gasteiger partial charge on any atom is -0.497 e. The standard InChI is InChI=1S/C24H31Cl2N3O5S/c1-5-22(24(31)27-2)28(16-17-11-12-20(25)21(26)14-17)23(30)10-7-13-29(35(4,32)33)18-8-6-9-19(15-18)34-3/h6,8-9,11-12,14-15,22H,5,7,10,13,16H2,1-4H3,(H,27,31)/t22-/m0/s1. The van der Waals surface area contributed by atoms with E-state index in [9.17, 15) is 18.0 Å². The van der Waals surface area contributed by atoms with Crippen LogP contribution in [0.3, 0.4) is 0 Å². The third-order valence-electron chi connectivity index (χ3n) is 5.46. The van der Waals surface area contributed by atoms with E-state index >= 15 is 0 Å². The van der Waals surface area contributed by atoms with Crippen molar-refractivity contribution in [2.45, 2.75) is 38.8 Å². The number of nitrogens with zero attached hydrogens (tertiary/aromatic N) is 2. The summed E-state index contributed by atoms with van der Waals surface area (Å²) in [4.78, 5) is 27.3. The fourth-order valence-corrected chi connectivity index (χ4v) is 4.97. The van der Waals surface area contributed by atoms with Crippen molar-refractivity contribution in [2.75, 3.05) is 31.3 Å². The lowest BCUT2D eigenvalue weighted by Gasteiger charge is -2.31. The van der Waals surface area contributed by atoms with Crippen molar-refractivity contribution in [3.63, 3.8) is 0 Å². The maximum atomic E-state index is 13.3. The van der Waals surface area contributed by atoms with Crippen molar-refractivity contribution < 1.29 is 22.7 Å². The first kappa shape index (κ1) is 28.7. The first-order chi connectivity index (χ1) is 16.5. The van der Waals surface area contributed by atoms with E-state index in [0.717, 1.165) is 11.8 Å². The third-order valence-corrected chi connectivity index (χ3v) is 7.40. The maximum Gasteiger partial charge on any atom is 0.242 e. The average molecular weight is 545 g/mol. The zero-order chi connectivity index (χ0) is 26.2. The molecule has 35 heavy (non-hydrogen) atoms. The number of hydrogen-bond acceptors (Lipinski definition) is 5. The summed E-state index contributed by atoms with van der Waals surface area (Å²) in [6, 6.07) is 11.1. The van der Waals surface area contributed by atoms with Gasteiger partial charge >= 0.3 is 0 Å². The van der Waals surface area contributed by atoms with Crippen LogP contribution in [-0.2, 0) is 26.2 Å². The average Bonchev–Trinajstić information content (AvgIpc) is 2.82. The smallest absolute Gasteiger partial charge is 0.242 e. The zero-order valence-corrected chi connectivity index (χ0v) is 22.6. The molecule has 1 N–H and O–H groups in total. The zero-order valence-electron chi connectivity index (χ0n) is 20.3. The Hall–Kier alpha value is -2.49. The largest absolute Gasteiger partial charge is 0.497 e. The highest BCUT2D eigenvalue weighted by molar-refractivity contribution is 7.92. The predicted molar refractivity (Wildman–Crippen MR) is 140 cm³/mol. The summed E-state index contributed by atoms with van der Waals surface area (Å²) in [6.45, 7) is 2.08. The topological polar surface area (TPSA) is 96.0 Å². The Morgan fingerprint density at radius 2 is 1.83 bits per heavy atom.